The molecule has 3 heteroatoms. The van der Waals surface area contributed by atoms with Crippen molar-refractivity contribution in [2.24, 2.45) is 5.92 Å². The third-order valence-electron chi connectivity index (χ3n) is 2.85. The highest BCUT2D eigenvalue weighted by molar-refractivity contribution is 5.19. The SMILES string of the molecule is C=C(C)CCOCc1cc(CNCC(C)C)oc1C. The zero-order valence-corrected chi connectivity index (χ0v) is 12.7. The van der Waals surface area contributed by atoms with Crippen LogP contribution in [0, 0.1) is 12.8 Å². The molecule has 0 atom stereocenters. The third kappa shape index (κ3) is 6.60. The second-order valence-electron chi connectivity index (χ2n) is 5.58. The van der Waals surface area contributed by atoms with E-state index >= 15 is 0 Å². The number of ether oxygens (including phenoxy) is 1. The molecular formula is C16H27NO2. The van der Waals surface area contributed by atoms with Gasteiger partial charge in [0.15, 0.2) is 0 Å². The average molecular weight is 265 g/mol. The van der Waals surface area contributed by atoms with Gasteiger partial charge in [-0.05, 0) is 38.8 Å². The minimum absolute atomic E-state index is 0.618. The Bertz CT molecular complexity index is 393. The Morgan fingerprint density at radius 3 is 2.84 bits per heavy atom. The Balaban J connectivity index is 2.34. The van der Waals surface area contributed by atoms with Crippen LogP contribution < -0.4 is 5.32 Å². The van der Waals surface area contributed by atoms with Crippen molar-refractivity contribution in [2.45, 2.75) is 47.3 Å². The van der Waals surface area contributed by atoms with E-state index in [1.165, 1.54) is 0 Å². The normalized spacial score (nSPS) is 11.2. The minimum atomic E-state index is 0.618. The van der Waals surface area contributed by atoms with Crippen LogP contribution in [0.5, 0.6) is 0 Å². The largest absolute Gasteiger partial charge is 0.465 e. The standard InChI is InChI=1S/C16H27NO2/c1-12(2)6-7-18-11-15-8-16(19-14(15)5)10-17-9-13(3)4/h8,13,17H,1,6-7,9-11H2,2-5H3. The molecule has 0 aromatic carbocycles. The van der Waals surface area contributed by atoms with Crippen LogP contribution in [0.25, 0.3) is 0 Å². The second kappa shape index (κ2) is 8.18. The van der Waals surface area contributed by atoms with Gasteiger partial charge in [-0.1, -0.05) is 19.4 Å². The summed E-state index contributed by atoms with van der Waals surface area (Å²) in [6, 6.07) is 2.09. The van der Waals surface area contributed by atoms with Crippen molar-refractivity contribution in [1.29, 1.82) is 0 Å². The summed E-state index contributed by atoms with van der Waals surface area (Å²) in [6.07, 6.45) is 0.916. The number of hydrogen-bond donors (Lipinski definition) is 1. The molecule has 108 valence electrons. The van der Waals surface area contributed by atoms with E-state index < -0.39 is 0 Å². The first-order chi connectivity index (χ1) is 8.99. The van der Waals surface area contributed by atoms with Gasteiger partial charge in [0, 0.05) is 5.56 Å². The first-order valence-electron chi connectivity index (χ1n) is 7.00. The number of nitrogens with one attached hydrogen (secondary N) is 1. The highest BCUT2D eigenvalue weighted by Crippen LogP contribution is 2.16. The first kappa shape index (κ1) is 16.0. The van der Waals surface area contributed by atoms with Crippen molar-refractivity contribution >= 4 is 0 Å². The lowest BCUT2D eigenvalue weighted by Crippen LogP contribution is -2.18. The van der Waals surface area contributed by atoms with Gasteiger partial charge in [0.2, 0.25) is 0 Å². The topological polar surface area (TPSA) is 34.4 Å². The van der Waals surface area contributed by atoms with Gasteiger partial charge in [-0.3, -0.25) is 0 Å². The zero-order chi connectivity index (χ0) is 14.3. The van der Waals surface area contributed by atoms with Crippen molar-refractivity contribution in [2.75, 3.05) is 13.2 Å². The molecule has 0 fully saturated rings. The highest BCUT2D eigenvalue weighted by atomic mass is 16.5. The molecule has 1 N–H and O–H groups in total. The van der Waals surface area contributed by atoms with Crippen LogP contribution in [0.4, 0.5) is 0 Å². The summed E-state index contributed by atoms with van der Waals surface area (Å²) in [5, 5.41) is 3.38. The van der Waals surface area contributed by atoms with Gasteiger partial charge in [-0.25, -0.2) is 0 Å². The summed E-state index contributed by atoms with van der Waals surface area (Å²) in [5.74, 6) is 2.59. The molecule has 19 heavy (non-hydrogen) atoms. The summed E-state index contributed by atoms with van der Waals surface area (Å²) < 4.78 is 11.3. The number of rotatable bonds is 9. The van der Waals surface area contributed by atoms with Crippen LogP contribution >= 0.6 is 0 Å². The molecule has 0 saturated carbocycles. The lowest BCUT2D eigenvalue weighted by molar-refractivity contribution is 0.123. The maximum absolute atomic E-state index is 5.71. The zero-order valence-electron chi connectivity index (χ0n) is 12.7. The van der Waals surface area contributed by atoms with Crippen LogP contribution in [-0.4, -0.2) is 13.2 Å². The fraction of sp³-hybridized carbons (Fsp3) is 0.625. The van der Waals surface area contributed by atoms with Crippen LogP contribution in [0.15, 0.2) is 22.6 Å². The van der Waals surface area contributed by atoms with E-state index in [0.717, 1.165) is 48.8 Å². The molecule has 0 aliphatic carbocycles. The van der Waals surface area contributed by atoms with Gasteiger partial charge in [-0.15, -0.1) is 6.58 Å². The van der Waals surface area contributed by atoms with Gasteiger partial charge in [0.1, 0.15) is 11.5 Å². The Morgan fingerprint density at radius 2 is 2.21 bits per heavy atom. The van der Waals surface area contributed by atoms with Crippen LogP contribution in [0.2, 0.25) is 0 Å². The smallest absolute Gasteiger partial charge is 0.118 e. The summed E-state index contributed by atoms with van der Waals surface area (Å²) in [5.41, 5.74) is 2.30. The molecule has 1 heterocycles. The maximum Gasteiger partial charge on any atom is 0.118 e. The molecule has 0 radical (unpaired) electrons. The van der Waals surface area contributed by atoms with E-state index in [0.29, 0.717) is 12.5 Å². The van der Waals surface area contributed by atoms with E-state index in [1.54, 1.807) is 0 Å². The summed E-state index contributed by atoms with van der Waals surface area (Å²) in [7, 11) is 0. The number of furan rings is 1. The number of hydrogen-bond acceptors (Lipinski definition) is 3. The third-order valence-corrected chi connectivity index (χ3v) is 2.85. The summed E-state index contributed by atoms with van der Waals surface area (Å²) in [6.45, 7) is 15.4. The Kier molecular flexibility index (Phi) is 6.89. The van der Waals surface area contributed by atoms with Gasteiger partial charge in [0.25, 0.3) is 0 Å². The minimum Gasteiger partial charge on any atom is -0.465 e. The molecule has 1 aromatic rings. The molecule has 0 bridgehead atoms. The maximum atomic E-state index is 5.71. The second-order valence-corrected chi connectivity index (χ2v) is 5.58. The van der Waals surface area contributed by atoms with E-state index in [-0.39, 0.29) is 0 Å². The summed E-state index contributed by atoms with van der Waals surface area (Å²) in [4.78, 5) is 0. The van der Waals surface area contributed by atoms with Crippen LogP contribution in [-0.2, 0) is 17.9 Å². The monoisotopic (exact) mass is 265 g/mol. The fourth-order valence-electron chi connectivity index (χ4n) is 1.73. The average Bonchev–Trinajstić information content (AvgIpc) is 2.65. The fourth-order valence-corrected chi connectivity index (χ4v) is 1.73. The molecule has 0 saturated heterocycles. The highest BCUT2D eigenvalue weighted by Gasteiger charge is 2.07. The Morgan fingerprint density at radius 1 is 1.47 bits per heavy atom. The Hall–Kier alpha value is -1.06. The van der Waals surface area contributed by atoms with E-state index in [4.69, 9.17) is 9.15 Å². The van der Waals surface area contributed by atoms with E-state index in [2.05, 4.69) is 31.8 Å². The molecule has 1 rings (SSSR count). The molecule has 1 aromatic heterocycles. The van der Waals surface area contributed by atoms with Crippen LogP contribution in [0.3, 0.4) is 0 Å². The quantitative estimate of drug-likeness (QED) is 0.544. The van der Waals surface area contributed by atoms with Crippen molar-refractivity contribution in [1.82, 2.24) is 5.32 Å². The van der Waals surface area contributed by atoms with Crippen molar-refractivity contribution in [3.05, 3.63) is 35.3 Å². The van der Waals surface area contributed by atoms with Gasteiger partial charge < -0.3 is 14.5 Å². The van der Waals surface area contributed by atoms with Crippen LogP contribution in [0.1, 0.15) is 44.3 Å². The molecule has 0 aliphatic rings. The predicted molar refractivity (Wildman–Crippen MR) is 79.1 cm³/mol. The first-order valence-corrected chi connectivity index (χ1v) is 7.00. The number of aryl methyl sites for hydroxylation is 1. The van der Waals surface area contributed by atoms with Crippen molar-refractivity contribution in [3.8, 4) is 0 Å². The van der Waals surface area contributed by atoms with Gasteiger partial charge in [-0.2, -0.15) is 0 Å². The lowest BCUT2D eigenvalue weighted by Gasteiger charge is -2.04. The Labute approximate surface area is 117 Å². The molecule has 0 unspecified atom stereocenters. The molecule has 0 amide bonds. The molecule has 3 nitrogen and oxygen atoms in total. The van der Waals surface area contributed by atoms with E-state index in [9.17, 15) is 0 Å². The van der Waals surface area contributed by atoms with E-state index in [1.807, 2.05) is 13.8 Å². The molecule has 0 aliphatic heterocycles. The van der Waals surface area contributed by atoms with Gasteiger partial charge >= 0.3 is 0 Å². The van der Waals surface area contributed by atoms with Gasteiger partial charge in [0.05, 0.1) is 19.8 Å². The summed E-state index contributed by atoms with van der Waals surface area (Å²) >= 11 is 0. The predicted octanol–water partition coefficient (Wildman–Crippen LogP) is 3.82. The van der Waals surface area contributed by atoms with Crippen molar-refractivity contribution < 1.29 is 9.15 Å². The molecule has 0 spiro atoms. The van der Waals surface area contributed by atoms with Crippen molar-refractivity contribution in [3.63, 3.8) is 0 Å². The lowest BCUT2D eigenvalue weighted by atomic mass is 10.2. The molecular weight excluding hydrogens is 238 g/mol.